The van der Waals surface area contributed by atoms with Gasteiger partial charge in [-0.25, -0.2) is 0 Å². The average Bonchev–Trinajstić information content (AvgIpc) is 2.48. The second-order valence-corrected chi connectivity index (χ2v) is 4.50. The molecule has 0 fully saturated rings. The summed E-state index contributed by atoms with van der Waals surface area (Å²) in [4.78, 5) is 11.5. The van der Waals surface area contributed by atoms with Crippen molar-refractivity contribution in [2.24, 2.45) is 0 Å². The highest BCUT2D eigenvalue weighted by Gasteiger charge is 2.01. The first-order valence-electron chi connectivity index (χ1n) is 7.32. The number of ether oxygens (including phenoxy) is 2. The van der Waals surface area contributed by atoms with Gasteiger partial charge in [0.15, 0.2) is 0 Å². The van der Waals surface area contributed by atoms with Crippen LogP contribution in [-0.2, 0) is 16.0 Å². The normalized spacial score (nSPS) is 10.3. The van der Waals surface area contributed by atoms with Gasteiger partial charge in [0.05, 0.1) is 13.0 Å². The Kier molecular flexibility index (Phi) is 8.47. The minimum Gasteiger partial charge on any atom is -0.493 e. The molecule has 1 aromatic rings. The molecule has 0 atom stereocenters. The van der Waals surface area contributed by atoms with E-state index >= 15 is 0 Å². The second-order valence-electron chi connectivity index (χ2n) is 4.50. The Morgan fingerprint density at radius 2 is 1.90 bits per heavy atom. The minimum atomic E-state index is 0.0201. The first kappa shape index (κ1) is 16.5. The summed E-state index contributed by atoms with van der Waals surface area (Å²) in [5.41, 5.74) is 1.28. The summed E-state index contributed by atoms with van der Waals surface area (Å²) in [7, 11) is 0. The fourth-order valence-electron chi connectivity index (χ4n) is 1.72. The van der Waals surface area contributed by atoms with Gasteiger partial charge in [-0.05, 0) is 37.5 Å². The molecule has 0 heterocycles. The molecular formula is C16H25NO3. The predicted molar refractivity (Wildman–Crippen MR) is 80.1 cm³/mol. The molecular weight excluding hydrogens is 254 g/mol. The zero-order valence-corrected chi connectivity index (χ0v) is 12.5. The highest BCUT2D eigenvalue weighted by Crippen LogP contribution is 2.12. The molecule has 0 bridgehead atoms. The van der Waals surface area contributed by atoms with Crippen molar-refractivity contribution in [3.05, 3.63) is 29.8 Å². The van der Waals surface area contributed by atoms with E-state index in [2.05, 4.69) is 12.2 Å². The summed E-state index contributed by atoms with van der Waals surface area (Å²) in [6.45, 7) is 6.55. The molecule has 0 aliphatic heterocycles. The molecule has 0 aliphatic rings. The summed E-state index contributed by atoms with van der Waals surface area (Å²) in [6, 6.07) is 7.98. The van der Waals surface area contributed by atoms with Gasteiger partial charge in [0, 0.05) is 19.8 Å². The summed E-state index contributed by atoms with van der Waals surface area (Å²) in [6.07, 6.45) is 2.24. The quantitative estimate of drug-likeness (QED) is 0.670. The minimum absolute atomic E-state index is 0.0201. The zero-order valence-electron chi connectivity index (χ0n) is 12.5. The van der Waals surface area contributed by atoms with Gasteiger partial charge < -0.3 is 14.8 Å². The SMILES string of the molecule is CCOCCCNC(=O)CCOc1ccc(CC)cc1. The van der Waals surface area contributed by atoms with E-state index in [-0.39, 0.29) is 5.91 Å². The Labute approximate surface area is 121 Å². The highest BCUT2D eigenvalue weighted by molar-refractivity contribution is 5.75. The summed E-state index contributed by atoms with van der Waals surface area (Å²) in [5.74, 6) is 0.832. The number of carbonyl (C=O) groups is 1. The smallest absolute Gasteiger partial charge is 0.223 e. The van der Waals surface area contributed by atoms with Crippen LogP contribution in [-0.4, -0.2) is 32.3 Å². The largest absolute Gasteiger partial charge is 0.493 e. The van der Waals surface area contributed by atoms with Gasteiger partial charge in [0.25, 0.3) is 0 Å². The Bertz CT molecular complexity index is 376. The van der Waals surface area contributed by atoms with Crippen LogP contribution < -0.4 is 10.1 Å². The van der Waals surface area contributed by atoms with Crippen molar-refractivity contribution in [1.29, 1.82) is 0 Å². The van der Waals surface area contributed by atoms with Crippen LogP contribution >= 0.6 is 0 Å². The first-order chi connectivity index (χ1) is 9.76. The molecule has 0 aliphatic carbocycles. The third-order valence-corrected chi connectivity index (χ3v) is 2.92. The number of amides is 1. The van der Waals surface area contributed by atoms with Crippen molar-refractivity contribution in [2.75, 3.05) is 26.4 Å². The monoisotopic (exact) mass is 279 g/mol. The van der Waals surface area contributed by atoms with E-state index in [1.807, 2.05) is 31.2 Å². The Balaban J connectivity index is 2.08. The van der Waals surface area contributed by atoms with Crippen molar-refractivity contribution in [2.45, 2.75) is 33.1 Å². The maximum Gasteiger partial charge on any atom is 0.223 e. The number of hydrogen-bond donors (Lipinski definition) is 1. The van der Waals surface area contributed by atoms with Crippen LogP contribution in [0.3, 0.4) is 0 Å². The van der Waals surface area contributed by atoms with Gasteiger partial charge in [-0.2, -0.15) is 0 Å². The number of aryl methyl sites for hydroxylation is 1. The molecule has 112 valence electrons. The number of benzene rings is 1. The number of nitrogens with one attached hydrogen (secondary N) is 1. The van der Waals surface area contributed by atoms with Crippen molar-refractivity contribution in [3.8, 4) is 5.75 Å². The fraction of sp³-hybridized carbons (Fsp3) is 0.562. The molecule has 0 unspecified atom stereocenters. The zero-order chi connectivity index (χ0) is 14.6. The highest BCUT2D eigenvalue weighted by atomic mass is 16.5. The molecule has 0 saturated heterocycles. The Morgan fingerprint density at radius 1 is 1.15 bits per heavy atom. The number of rotatable bonds is 10. The van der Waals surface area contributed by atoms with Gasteiger partial charge in [-0.15, -0.1) is 0 Å². The van der Waals surface area contributed by atoms with Crippen LogP contribution in [0.25, 0.3) is 0 Å². The van der Waals surface area contributed by atoms with E-state index in [0.29, 0.717) is 26.2 Å². The molecule has 0 aromatic heterocycles. The van der Waals surface area contributed by atoms with E-state index in [1.165, 1.54) is 5.56 Å². The second kappa shape index (κ2) is 10.3. The van der Waals surface area contributed by atoms with Crippen LogP contribution in [0.1, 0.15) is 32.3 Å². The van der Waals surface area contributed by atoms with E-state index in [9.17, 15) is 4.79 Å². The van der Waals surface area contributed by atoms with E-state index in [1.54, 1.807) is 0 Å². The molecule has 1 amide bonds. The fourth-order valence-corrected chi connectivity index (χ4v) is 1.72. The molecule has 1 rings (SSSR count). The van der Waals surface area contributed by atoms with E-state index in [4.69, 9.17) is 9.47 Å². The molecule has 0 spiro atoms. The predicted octanol–water partition coefficient (Wildman–Crippen LogP) is 2.56. The van der Waals surface area contributed by atoms with E-state index < -0.39 is 0 Å². The third kappa shape index (κ3) is 7.14. The molecule has 1 aromatic carbocycles. The average molecular weight is 279 g/mol. The van der Waals surface area contributed by atoms with Gasteiger partial charge in [0.1, 0.15) is 5.75 Å². The van der Waals surface area contributed by atoms with Gasteiger partial charge in [-0.3, -0.25) is 4.79 Å². The maximum absolute atomic E-state index is 11.5. The Morgan fingerprint density at radius 3 is 2.55 bits per heavy atom. The first-order valence-corrected chi connectivity index (χ1v) is 7.32. The molecule has 0 saturated carbocycles. The van der Waals surface area contributed by atoms with Crippen LogP contribution in [0.2, 0.25) is 0 Å². The number of carbonyl (C=O) groups excluding carboxylic acids is 1. The molecule has 20 heavy (non-hydrogen) atoms. The Hall–Kier alpha value is -1.55. The molecule has 4 nitrogen and oxygen atoms in total. The van der Waals surface area contributed by atoms with Gasteiger partial charge in [-0.1, -0.05) is 19.1 Å². The molecule has 0 radical (unpaired) electrons. The van der Waals surface area contributed by atoms with Crippen LogP contribution in [0.4, 0.5) is 0 Å². The summed E-state index contributed by atoms with van der Waals surface area (Å²) in [5, 5.41) is 2.85. The van der Waals surface area contributed by atoms with Crippen molar-refractivity contribution >= 4 is 5.91 Å². The van der Waals surface area contributed by atoms with Gasteiger partial charge >= 0.3 is 0 Å². The lowest BCUT2D eigenvalue weighted by molar-refractivity contribution is -0.121. The van der Waals surface area contributed by atoms with Crippen LogP contribution in [0.5, 0.6) is 5.75 Å². The molecule has 1 N–H and O–H groups in total. The lowest BCUT2D eigenvalue weighted by atomic mass is 10.2. The third-order valence-electron chi connectivity index (χ3n) is 2.92. The van der Waals surface area contributed by atoms with Crippen molar-refractivity contribution < 1.29 is 14.3 Å². The van der Waals surface area contributed by atoms with E-state index in [0.717, 1.165) is 25.2 Å². The topological polar surface area (TPSA) is 47.6 Å². The maximum atomic E-state index is 11.5. The lowest BCUT2D eigenvalue weighted by Gasteiger charge is -2.08. The molecule has 4 heteroatoms. The lowest BCUT2D eigenvalue weighted by Crippen LogP contribution is -2.26. The standard InChI is InChI=1S/C16H25NO3/c1-3-14-6-8-15(9-7-14)20-13-10-16(18)17-11-5-12-19-4-2/h6-9H,3-5,10-13H2,1-2H3,(H,17,18). The van der Waals surface area contributed by atoms with Gasteiger partial charge in [0.2, 0.25) is 5.91 Å². The van der Waals surface area contributed by atoms with Crippen molar-refractivity contribution in [3.63, 3.8) is 0 Å². The van der Waals surface area contributed by atoms with Crippen molar-refractivity contribution in [1.82, 2.24) is 5.32 Å². The number of hydrogen-bond acceptors (Lipinski definition) is 3. The summed E-state index contributed by atoms with van der Waals surface area (Å²) >= 11 is 0. The summed E-state index contributed by atoms with van der Waals surface area (Å²) < 4.78 is 10.7. The van der Waals surface area contributed by atoms with Crippen LogP contribution in [0.15, 0.2) is 24.3 Å². The van der Waals surface area contributed by atoms with Crippen LogP contribution in [0, 0.1) is 0 Å².